The van der Waals surface area contributed by atoms with Crippen LogP contribution in [0, 0.1) is 5.82 Å². The van der Waals surface area contributed by atoms with Gasteiger partial charge < -0.3 is 10.2 Å². The zero-order valence-corrected chi connectivity index (χ0v) is 20.2. The first-order chi connectivity index (χ1) is 15.8. The molecule has 0 aliphatic carbocycles. The lowest BCUT2D eigenvalue weighted by molar-refractivity contribution is 0.102. The molecule has 3 aromatic rings. The number of sulfonamides is 1. The number of thiophene rings is 1. The summed E-state index contributed by atoms with van der Waals surface area (Å²) in [5.74, 6) is -1.47. The highest BCUT2D eigenvalue weighted by molar-refractivity contribution is 7.89. The largest absolute Gasteiger partial charge is 0.367 e. The van der Waals surface area contributed by atoms with E-state index < -0.39 is 21.7 Å². The first-order valence-corrected chi connectivity index (χ1v) is 13.2. The second kappa shape index (κ2) is 9.62. The van der Waals surface area contributed by atoms with Crippen molar-refractivity contribution in [3.8, 4) is 0 Å². The van der Waals surface area contributed by atoms with Crippen LogP contribution in [-0.4, -0.2) is 38.3 Å². The van der Waals surface area contributed by atoms with E-state index in [1.165, 1.54) is 20.8 Å². The lowest BCUT2D eigenvalue weighted by Gasteiger charge is -2.29. The lowest BCUT2D eigenvalue weighted by atomic mass is 10.1. The Morgan fingerprint density at radius 2 is 1.85 bits per heavy atom. The maximum absolute atomic E-state index is 14.4. The molecule has 9 heteroatoms. The summed E-state index contributed by atoms with van der Waals surface area (Å²) >= 11 is 1.79. The molecule has 1 amide bonds. The van der Waals surface area contributed by atoms with E-state index in [1.807, 2.05) is 12.1 Å². The van der Waals surface area contributed by atoms with Crippen molar-refractivity contribution >= 4 is 38.6 Å². The normalized spacial score (nSPS) is 13.8. The van der Waals surface area contributed by atoms with Gasteiger partial charge in [-0.1, -0.05) is 13.8 Å². The summed E-state index contributed by atoms with van der Waals surface area (Å²) in [7, 11) is -3.80. The Kier molecular flexibility index (Phi) is 6.83. The molecule has 1 aliphatic rings. The number of amides is 1. The van der Waals surface area contributed by atoms with Crippen LogP contribution in [0.3, 0.4) is 0 Å². The molecule has 0 bridgehead atoms. The quantitative estimate of drug-likeness (QED) is 0.523. The number of hydrogen-bond acceptors (Lipinski definition) is 5. The van der Waals surface area contributed by atoms with Gasteiger partial charge in [0.15, 0.2) is 0 Å². The van der Waals surface area contributed by atoms with Gasteiger partial charge in [-0.2, -0.15) is 4.31 Å². The Morgan fingerprint density at radius 1 is 1.12 bits per heavy atom. The molecule has 0 spiro atoms. The van der Waals surface area contributed by atoms with Crippen LogP contribution in [0.4, 0.5) is 15.8 Å². The fourth-order valence-corrected chi connectivity index (χ4v) is 6.35. The lowest BCUT2D eigenvalue weighted by Crippen LogP contribution is -2.31. The molecule has 6 nitrogen and oxygen atoms in total. The average molecular weight is 488 g/mol. The van der Waals surface area contributed by atoms with Gasteiger partial charge in [-0.15, -0.1) is 11.3 Å². The van der Waals surface area contributed by atoms with Crippen LogP contribution in [-0.2, 0) is 23.0 Å². The average Bonchev–Trinajstić information content (AvgIpc) is 3.28. The van der Waals surface area contributed by atoms with Gasteiger partial charge in [-0.25, -0.2) is 12.8 Å². The summed E-state index contributed by atoms with van der Waals surface area (Å²) in [4.78, 5) is 16.4. The summed E-state index contributed by atoms with van der Waals surface area (Å²) in [6.45, 7) is 5.81. The molecule has 1 N–H and O–H groups in total. The summed E-state index contributed by atoms with van der Waals surface area (Å²) in [5, 5.41) is 4.79. The molecular formula is C24H26FN3O3S2. The monoisotopic (exact) mass is 487 g/mol. The van der Waals surface area contributed by atoms with Gasteiger partial charge in [0.1, 0.15) is 5.82 Å². The van der Waals surface area contributed by atoms with Gasteiger partial charge >= 0.3 is 0 Å². The minimum absolute atomic E-state index is 0.106. The number of hydrogen-bond donors (Lipinski definition) is 1. The van der Waals surface area contributed by atoms with Crippen molar-refractivity contribution in [3.63, 3.8) is 0 Å². The third-order valence-electron chi connectivity index (χ3n) is 5.82. The molecule has 0 saturated heterocycles. The number of benzene rings is 2. The molecule has 0 atom stereocenters. The highest BCUT2D eigenvalue weighted by Crippen LogP contribution is 2.28. The van der Waals surface area contributed by atoms with Crippen molar-refractivity contribution in [1.29, 1.82) is 0 Å². The SMILES string of the molecule is CCN(CC)S(=O)(=O)c1ccc(F)c(C(=O)Nc2ccc(N3CCc4sccc4C3)cc2)c1. The van der Waals surface area contributed by atoms with Crippen LogP contribution in [0.5, 0.6) is 0 Å². The van der Waals surface area contributed by atoms with E-state index in [4.69, 9.17) is 0 Å². The van der Waals surface area contributed by atoms with Crippen molar-refractivity contribution in [2.75, 3.05) is 29.9 Å². The highest BCUT2D eigenvalue weighted by atomic mass is 32.2. The standard InChI is InChI=1S/C24H26FN3O3S2/c1-3-28(4-2)33(30,31)20-9-10-22(25)21(15-20)24(29)26-18-5-7-19(8-6-18)27-13-11-23-17(16-27)12-14-32-23/h5-10,12,14-15H,3-4,11,13,16H2,1-2H3,(H,26,29). The van der Waals surface area contributed by atoms with E-state index >= 15 is 0 Å². The summed E-state index contributed by atoms with van der Waals surface area (Å²) in [6, 6.07) is 12.8. The second-order valence-corrected chi connectivity index (χ2v) is 10.7. The van der Waals surface area contributed by atoms with E-state index in [-0.39, 0.29) is 23.5 Å². The van der Waals surface area contributed by atoms with Gasteiger partial charge in [-0.3, -0.25) is 4.79 Å². The Morgan fingerprint density at radius 3 is 2.55 bits per heavy atom. The molecule has 0 fully saturated rings. The number of carbonyl (C=O) groups is 1. The maximum atomic E-state index is 14.4. The molecule has 0 radical (unpaired) electrons. The highest BCUT2D eigenvalue weighted by Gasteiger charge is 2.24. The Balaban J connectivity index is 1.49. The second-order valence-electron chi connectivity index (χ2n) is 7.77. The summed E-state index contributed by atoms with van der Waals surface area (Å²) in [6.07, 6.45) is 1.01. The third-order valence-corrected chi connectivity index (χ3v) is 8.89. The van der Waals surface area contributed by atoms with Crippen LogP contribution >= 0.6 is 11.3 Å². The molecule has 2 heterocycles. The zero-order valence-electron chi connectivity index (χ0n) is 18.5. The summed E-state index contributed by atoms with van der Waals surface area (Å²) in [5.41, 5.74) is 2.59. The van der Waals surface area contributed by atoms with Crippen molar-refractivity contribution in [1.82, 2.24) is 4.31 Å². The van der Waals surface area contributed by atoms with Gasteiger partial charge in [-0.05, 0) is 65.9 Å². The van der Waals surface area contributed by atoms with Crippen LogP contribution in [0.15, 0.2) is 58.8 Å². The smallest absolute Gasteiger partial charge is 0.258 e. The van der Waals surface area contributed by atoms with E-state index in [0.29, 0.717) is 5.69 Å². The molecule has 4 rings (SSSR count). The maximum Gasteiger partial charge on any atom is 0.258 e. The number of nitrogens with zero attached hydrogens (tertiary/aromatic N) is 2. The first kappa shape index (κ1) is 23.4. The summed E-state index contributed by atoms with van der Waals surface area (Å²) < 4.78 is 41.2. The van der Waals surface area contributed by atoms with Crippen molar-refractivity contribution in [3.05, 3.63) is 75.7 Å². The number of halogens is 1. The number of fused-ring (bicyclic) bond motifs is 1. The fourth-order valence-electron chi connectivity index (χ4n) is 3.97. The van der Waals surface area contributed by atoms with Crippen LogP contribution in [0.25, 0.3) is 0 Å². The molecule has 2 aromatic carbocycles. The molecule has 33 heavy (non-hydrogen) atoms. The zero-order chi connectivity index (χ0) is 23.6. The van der Waals surface area contributed by atoms with Gasteiger partial charge in [0.25, 0.3) is 5.91 Å². The molecule has 0 unspecified atom stereocenters. The van der Waals surface area contributed by atoms with E-state index in [2.05, 4.69) is 21.7 Å². The predicted molar refractivity (Wildman–Crippen MR) is 130 cm³/mol. The van der Waals surface area contributed by atoms with Crippen LogP contribution in [0.2, 0.25) is 0 Å². The number of carbonyl (C=O) groups excluding carboxylic acids is 1. The van der Waals surface area contributed by atoms with E-state index in [0.717, 1.165) is 37.3 Å². The number of rotatable bonds is 7. The minimum atomic E-state index is -3.80. The molecule has 1 aromatic heterocycles. The van der Waals surface area contributed by atoms with Crippen molar-refractivity contribution < 1.29 is 17.6 Å². The first-order valence-electron chi connectivity index (χ1n) is 10.8. The minimum Gasteiger partial charge on any atom is -0.367 e. The molecular weight excluding hydrogens is 461 g/mol. The Bertz CT molecular complexity index is 1250. The van der Waals surface area contributed by atoms with Gasteiger partial charge in [0, 0.05) is 42.4 Å². The third kappa shape index (κ3) is 4.80. The molecule has 174 valence electrons. The Hall–Kier alpha value is -2.75. The fraction of sp³-hybridized carbons (Fsp3) is 0.292. The van der Waals surface area contributed by atoms with Gasteiger partial charge in [0.2, 0.25) is 10.0 Å². The van der Waals surface area contributed by atoms with Crippen molar-refractivity contribution in [2.45, 2.75) is 31.7 Å². The molecule has 0 saturated carbocycles. The van der Waals surface area contributed by atoms with Crippen molar-refractivity contribution in [2.24, 2.45) is 0 Å². The number of anilines is 2. The van der Waals surface area contributed by atoms with E-state index in [9.17, 15) is 17.6 Å². The predicted octanol–water partition coefficient (Wildman–Crippen LogP) is 4.73. The molecule has 1 aliphatic heterocycles. The number of nitrogens with one attached hydrogen (secondary N) is 1. The van der Waals surface area contributed by atoms with Gasteiger partial charge in [0.05, 0.1) is 10.5 Å². The van der Waals surface area contributed by atoms with Crippen LogP contribution < -0.4 is 10.2 Å². The van der Waals surface area contributed by atoms with Crippen LogP contribution in [0.1, 0.15) is 34.6 Å². The topological polar surface area (TPSA) is 69.7 Å². The van der Waals surface area contributed by atoms with E-state index in [1.54, 1.807) is 37.3 Å². The Labute approximate surface area is 197 Å².